The monoisotopic (exact) mass is 300 g/mol. The third kappa shape index (κ3) is 3.33. The minimum absolute atomic E-state index is 0.111. The number of carbonyl (C=O) groups is 1. The second kappa shape index (κ2) is 6.27. The van der Waals surface area contributed by atoms with Crippen molar-refractivity contribution < 1.29 is 9.90 Å². The minimum Gasteiger partial charge on any atom is -0.393 e. The molecule has 0 saturated heterocycles. The van der Waals surface area contributed by atoms with E-state index in [2.05, 4.69) is 15.4 Å². The quantitative estimate of drug-likeness (QED) is 0.900. The number of hydrogen-bond donors (Lipinski definition) is 2. The summed E-state index contributed by atoms with van der Waals surface area (Å²) in [5, 5.41) is 16.7. The number of nitrogens with zero attached hydrogens (tertiary/aromatic N) is 3. The Morgan fingerprint density at radius 2 is 2.00 bits per heavy atom. The number of aliphatic hydroxyl groups is 1. The fourth-order valence-electron chi connectivity index (χ4n) is 2.78. The Labute approximate surface area is 129 Å². The molecule has 0 spiro atoms. The fourth-order valence-corrected chi connectivity index (χ4v) is 2.78. The summed E-state index contributed by atoms with van der Waals surface area (Å²) in [5.74, 6) is -0.111. The summed E-state index contributed by atoms with van der Waals surface area (Å²) in [6.07, 6.45) is 9.87. The van der Waals surface area contributed by atoms with Crippen molar-refractivity contribution in [1.29, 1.82) is 0 Å². The maximum absolute atomic E-state index is 12.3. The molecule has 0 aliphatic heterocycles. The van der Waals surface area contributed by atoms with Crippen molar-refractivity contribution in [3.05, 3.63) is 36.4 Å². The highest BCUT2D eigenvalue weighted by atomic mass is 16.3. The predicted molar refractivity (Wildman–Crippen MR) is 82.2 cm³/mol. The van der Waals surface area contributed by atoms with Crippen LogP contribution < -0.4 is 5.32 Å². The van der Waals surface area contributed by atoms with Crippen LogP contribution in [0.25, 0.3) is 11.1 Å². The summed E-state index contributed by atoms with van der Waals surface area (Å²) < 4.78 is 1.72. The molecule has 1 aliphatic rings. The molecule has 1 aliphatic carbocycles. The number of aryl methyl sites for hydroxylation is 1. The van der Waals surface area contributed by atoms with Crippen molar-refractivity contribution in [2.75, 3.05) is 0 Å². The molecule has 2 aromatic heterocycles. The molecular weight excluding hydrogens is 280 g/mol. The van der Waals surface area contributed by atoms with Gasteiger partial charge in [0.25, 0.3) is 5.91 Å². The lowest BCUT2D eigenvalue weighted by molar-refractivity contribution is 0.0867. The van der Waals surface area contributed by atoms with E-state index in [9.17, 15) is 9.90 Å². The zero-order valence-corrected chi connectivity index (χ0v) is 12.6. The van der Waals surface area contributed by atoms with Gasteiger partial charge in [0.15, 0.2) is 0 Å². The van der Waals surface area contributed by atoms with Crippen LogP contribution >= 0.6 is 0 Å². The first-order valence-corrected chi connectivity index (χ1v) is 7.55. The van der Waals surface area contributed by atoms with Crippen molar-refractivity contribution in [3.63, 3.8) is 0 Å². The summed E-state index contributed by atoms with van der Waals surface area (Å²) in [4.78, 5) is 16.5. The molecule has 116 valence electrons. The average Bonchev–Trinajstić information content (AvgIpc) is 2.96. The number of hydrogen-bond acceptors (Lipinski definition) is 4. The molecule has 2 heterocycles. The molecule has 0 atom stereocenters. The topological polar surface area (TPSA) is 80.0 Å². The Morgan fingerprint density at radius 1 is 1.23 bits per heavy atom. The Balaban J connectivity index is 1.70. The minimum atomic E-state index is -0.219. The van der Waals surface area contributed by atoms with E-state index in [0.29, 0.717) is 5.56 Å². The maximum atomic E-state index is 12.3. The normalized spacial score (nSPS) is 21.5. The molecule has 3 rings (SSSR count). The van der Waals surface area contributed by atoms with E-state index in [1.807, 2.05) is 19.3 Å². The molecule has 2 aromatic rings. The van der Waals surface area contributed by atoms with Crippen LogP contribution in [0.15, 0.2) is 30.9 Å². The van der Waals surface area contributed by atoms with E-state index in [4.69, 9.17) is 0 Å². The summed E-state index contributed by atoms with van der Waals surface area (Å²) in [5.41, 5.74) is 2.36. The SMILES string of the molecule is Cn1cc(-c2cncc(C(=O)NC3CCC(O)CC3)c2)cn1. The van der Waals surface area contributed by atoms with Gasteiger partial charge in [-0.15, -0.1) is 0 Å². The number of nitrogens with one attached hydrogen (secondary N) is 1. The molecule has 1 amide bonds. The van der Waals surface area contributed by atoms with Gasteiger partial charge in [-0.1, -0.05) is 0 Å². The molecule has 0 bridgehead atoms. The molecule has 6 heteroatoms. The number of aromatic nitrogens is 3. The second-order valence-corrected chi connectivity index (χ2v) is 5.84. The molecule has 22 heavy (non-hydrogen) atoms. The molecule has 1 saturated carbocycles. The van der Waals surface area contributed by atoms with Crippen molar-refractivity contribution in [2.45, 2.75) is 37.8 Å². The van der Waals surface area contributed by atoms with Crippen molar-refractivity contribution in [1.82, 2.24) is 20.1 Å². The van der Waals surface area contributed by atoms with E-state index in [0.717, 1.165) is 36.8 Å². The highest BCUT2D eigenvalue weighted by Crippen LogP contribution is 2.20. The smallest absolute Gasteiger partial charge is 0.253 e. The summed E-state index contributed by atoms with van der Waals surface area (Å²) in [6.45, 7) is 0. The van der Waals surface area contributed by atoms with Gasteiger partial charge in [0, 0.05) is 42.8 Å². The lowest BCUT2D eigenvalue weighted by atomic mass is 9.93. The van der Waals surface area contributed by atoms with E-state index >= 15 is 0 Å². The van der Waals surface area contributed by atoms with Gasteiger partial charge < -0.3 is 10.4 Å². The molecule has 2 N–H and O–H groups in total. The summed E-state index contributed by atoms with van der Waals surface area (Å²) in [6, 6.07) is 1.97. The Kier molecular flexibility index (Phi) is 4.20. The van der Waals surface area contributed by atoms with E-state index in [1.54, 1.807) is 23.3 Å². The largest absolute Gasteiger partial charge is 0.393 e. The van der Waals surface area contributed by atoms with Gasteiger partial charge in [0.1, 0.15) is 0 Å². The number of aliphatic hydroxyl groups excluding tert-OH is 1. The van der Waals surface area contributed by atoms with Crippen molar-refractivity contribution >= 4 is 5.91 Å². The predicted octanol–water partition coefficient (Wildman–Crippen LogP) is 1.52. The number of rotatable bonds is 3. The van der Waals surface area contributed by atoms with Gasteiger partial charge in [-0.2, -0.15) is 5.10 Å². The van der Waals surface area contributed by atoms with Gasteiger partial charge in [0.2, 0.25) is 0 Å². The number of amides is 1. The molecule has 6 nitrogen and oxygen atoms in total. The lowest BCUT2D eigenvalue weighted by Gasteiger charge is -2.26. The van der Waals surface area contributed by atoms with E-state index < -0.39 is 0 Å². The Bertz CT molecular complexity index is 660. The van der Waals surface area contributed by atoms with Gasteiger partial charge in [0.05, 0.1) is 17.9 Å². The van der Waals surface area contributed by atoms with Gasteiger partial charge in [-0.05, 0) is 31.7 Å². The standard InChI is InChI=1S/C16H20N4O2/c1-20-10-13(9-18-20)11-6-12(8-17-7-11)16(22)19-14-2-4-15(21)5-3-14/h6-10,14-15,21H,2-5H2,1H3,(H,19,22). The van der Waals surface area contributed by atoms with Crippen LogP contribution in [0.4, 0.5) is 0 Å². The van der Waals surface area contributed by atoms with Crippen LogP contribution in [0.2, 0.25) is 0 Å². The van der Waals surface area contributed by atoms with Crippen LogP contribution in [0.3, 0.4) is 0 Å². The van der Waals surface area contributed by atoms with Crippen LogP contribution in [-0.4, -0.2) is 37.9 Å². The van der Waals surface area contributed by atoms with Crippen molar-refractivity contribution in [2.24, 2.45) is 7.05 Å². The summed E-state index contributed by atoms with van der Waals surface area (Å²) in [7, 11) is 1.85. The first-order chi connectivity index (χ1) is 10.6. The van der Waals surface area contributed by atoms with Crippen LogP contribution in [0.5, 0.6) is 0 Å². The third-order valence-electron chi connectivity index (χ3n) is 4.07. The number of pyridine rings is 1. The van der Waals surface area contributed by atoms with Gasteiger partial charge >= 0.3 is 0 Å². The molecule has 0 radical (unpaired) electrons. The van der Waals surface area contributed by atoms with Crippen LogP contribution in [0, 0.1) is 0 Å². The Hall–Kier alpha value is -2.21. The first-order valence-electron chi connectivity index (χ1n) is 7.55. The molecule has 1 fully saturated rings. The third-order valence-corrected chi connectivity index (χ3v) is 4.07. The van der Waals surface area contributed by atoms with Crippen molar-refractivity contribution in [3.8, 4) is 11.1 Å². The number of carbonyl (C=O) groups excluding carboxylic acids is 1. The van der Waals surface area contributed by atoms with Crippen LogP contribution in [-0.2, 0) is 7.05 Å². The molecule has 0 aromatic carbocycles. The second-order valence-electron chi connectivity index (χ2n) is 5.84. The first kappa shape index (κ1) is 14.7. The maximum Gasteiger partial charge on any atom is 0.253 e. The highest BCUT2D eigenvalue weighted by Gasteiger charge is 2.21. The van der Waals surface area contributed by atoms with Gasteiger partial charge in [-0.3, -0.25) is 14.5 Å². The van der Waals surface area contributed by atoms with E-state index in [1.165, 1.54) is 0 Å². The lowest BCUT2D eigenvalue weighted by Crippen LogP contribution is -2.38. The Morgan fingerprint density at radius 3 is 2.68 bits per heavy atom. The zero-order valence-electron chi connectivity index (χ0n) is 12.6. The van der Waals surface area contributed by atoms with Crippen LogP contribution in [0.1, 0.15) is 36.0 Å². The van der Waals surface area contributed by atoms with E-state index in [-0.39, 0.29) is 18.1 Å². The van der Waals surface area contributed by atoms with Gasteiger partial charge in [-0.25, -0.2) is 0 Å². The average molecular weight is 300 g/mol. The molecular formula is C16H20N4O2. The fraction of sp³-hybridized carbons (Fsp3) is 0.438. The molecule has 0 unspecified atom stereocenters. The highest BCUT2D eigenvalue weighted by molar-refractivity contribution is 5.95. The summed E-state index contributed by atoms with van der Waals surface area (Å²) >= 11 is 0. The zero-order chi connectivity index (χ0) is 15.5.